The molecule has 0 saturated heterocycles. The number of rotatable bonds is 5. The molecular weight excluding hydrogens is 264 g/mol. The molecule has 0 atom stereocenters. The summed E-state index contributed by atoms with van der Waals surface area (Å²) < 4.78 is 5.79. The molecule has 0 fully saturated rings. The van der Waals surface area contributed by atoms with Gasteiger partial charge in [0.15, 0.2) is 5.75 Å². The Morgan fingerprint density at radius 2 is 1.95 bits per heavy atom. The molecule has 0 radical (unpaired) electrons. The van der Waals surface area contributed by atoms with E-state index in [9.17, 15) is 0 Å². The molecular formula is C16H16N4O. The Bertz CT molecular complexity index is 722. The second-order valence-electron chi connectivity index (χ2n) is 4.56. The van der Waals surface area contributed by atoms with Gasteiger partial charge in [0, 0.05) is 18.1 Å². The number of nitrogens with one attached hydrogen (secondary N) is 1. The first-order valence-corrected chi connectivity index (χ1v) is 6.90. The Balaban J connectivity index is 1.82. The lowest BCUT2D eigenvalue weighted by Gasteiger charge is -2.07. The van der Waals surface area contributed by atoms with E-state index in [0.29, 0.717) is 18.2 Å². The van der Waals surface area contributed by atoms with E-state index in [4.69, 9.17) is 4.74 Å². The summed E-state index contributed by atoms with van der Waals surface area (Å²) in [5.41, 5.74) is 1.71. The SMILES string of the molecule is CCNCc1cnc(Oc2cccc3cccnc23)cn1. The molecule has 5 heteroatoms. The number of hydrogen-bond acceptors (Lipinski definition) is 5. The van der Waals surface area contributed by atoms with Gasteiger partial charge in [-0.2, -0.15) is 0 Å². The van der Waals surface area contributed by atoms with Crippen LogP contribution in [0.4, 0.5) is 0 Å². The van der Waals surface area contributed by atoms with Gasteiger partial charge in [-0.05, 0) is 18.7 Å². The van der Waals surface area contributed by atoms with E-state index in [1.165, 1.54) is 0 Å². The summed E-state index contributed by atoms with van der Waals surface area (Å²) in [6.07, 6.45) is 5.10. The molecule has 0 aliphatic rings. The number of fused-ring (bicyclic) bond motifs is 1. The van der Waals surface area contributed by atoms with Crippen LogP contribution in [0.15, 0.2) is 48.9 Å². The molecule has 0 amide bonds. The van der Waals surface area contributed by atoms with Crippen LogP contribution in [0.25, 0.3) is 10.9 Å². The first-order chi connectivity index (χ1) is 10.4. The molecule has 3 aromatic rings. The number of nitrogens with zero attached hydrogens (tertiary/aromatic N) is 3. The minimum Gasteiger partial charge on any atom is -0.435 e. The summed E-state index contributed by atoms with van der Waals surface area (Å²) in [7, 11) is 0. The Morgan fingerprint density at radius 1 is 1.05 bits per heavy atom. The monoisotopic (exact) mass is 280 g/mol. The van der Waals surface area contributed by atoms with Gasteiger partial charge < -0.3 is 10.1 Å². The van der Waals surface area contributed by atoms with Gasteiger partial charge in [0.1, 0.15) is 5.52 Å². The Labute approximate surface area is 123 Å². The van der Waals surface area contributed by atoms with Crippen molar-refractivity contribution in [2.45, 2.75) is 13.5 Å². The lowest BCUT2D eigenvalue weighted by atomic mass is 10.2. The summed E-state index contributed by atoms with van der Waals surface area (Å²) in [5, 5.41) is 4.24. The van der Waals surface area contributed by atoms with Crippen molar-refractivity contribution >= 4 is 10.9 Å². The maximum atomic E-state index is 5.79. The van der Waals surface area contributed by atoms with Gasteiger partial charge >= 0.3 is 0 Å². The lowest BCUT2D eigenvalue weighted by molar-refractivity contribution is 0.463. The average Bonchev–Trinajstić information content (AvgIpc) is 2.55. The van der Waals surface area contributed by atoms with Crippen LogP contribution in [-0.4, -0.2) is 21.5 Å². The number of pyridine rings is 1. The second kappa shape index (κ2) is 6.28. The average molecular weight is 280 g/mol. The van der Waals surface area contributed by atoms with E-state index >= 15 is 0 Å². The molecule has 1 N–H and O–H groups in total. The lowest BCUT2D eigenvalue weighted by Crippen LogP contribution is -2.13. The third-order valence-electron chi connectivity index (χ3n) is 3.05. The largest absolute Gasteiger partial charge is 0.435 e. The van der Waals surface area contributed by atoms with Crippen LogP contribution in [-0.2, 0) is 6.54 Å². The van der Waals surface area contributed by atoms with Crippen LogP contribution in [0.1, 0.15) is 12.6 Å². The second-order valence-corrected chi connectivity index (χ2v) is 4.56. The van der Waals surface area contributed by atoms with Gasteiger partial charge in [0.25, 0.3) is 0 Å². The van der Waals surface area contributed by atoms with Crippen molar-refractivity contribution in [2.75, 3.05) is 6.54 Å². The third-order valence-corrected chi connectivity index (χ3v) is 3.05. The van der Waals surface area contributed by atoms with Crippen molar-refractivity contribution in [3.63, 3.8) is 0 Å². The number of para-hydroxylation sites is 1. The molecule has 106 valence electrons. The van der Waals surface area contributed by atoms with Gasteiger partial charge in [-0.1, -0.05) is 25.1 Å². The maximum Gasteiger partial charge on any atom is 0.237 e. The maximum absolute atomic E-state index is 5.79. The Hall–Kier alpha value is -2.53. The smallest absolute Gasteiger partial charge is 0.237 e. The molecule has 1 aromatic carbocycles. The van der Waals surface area contributed by atoms with Crippen molar-refractivity contribution in [3.8, 4) is 11.6 Å². The number of benzene rings is 1. The van der Waals surface area contributed by atoms with Gasteiger partial charge in [0.05, 0.1) is 18.1 Å². The van der Waals surface area contributed by atoms with Crippen molar-refractivity contribution < 1.29 is 4.74 Å². The standard InChI is InChI=1S/C16H16N4O/c1-2-17-9-13-10-20-15(11-19-13)21-14-7-3-5-12-6-4-8-18-16(12)14/h3-8,10-11,17H,2,9H2,1H3. The molecule has 0 bridgehead atoms. The quantitative estimate of drug-likeness (QED) is 0.778. The topological polar surface area (TPSA) is 59.9 Å². The molecule has 0 spiro atoms. The molecule has 2 aromatic heterocycles. The molecule has 0 unspecified atom stereocenters. The summed E-state index contributed by atoms with van der Waals surface area (Å²) >= 11 is 0. The fourth-order valence-electron chi connectivity index (χ4n) is 2.01. The minimum absolute atomic E-state index is 0.466. The summed E-state index contributed by atoms with van der Waals surface area (Å²) in [4.78, 5) is 13.0. The van der Waals surface area contributed by atoms with E-state index in [1.807, 2.05) is 30.3 Å². The van der Waals surface area contributed by atoms with Crippen molar-refractivity contribution in [1.82, 2.24) is 20.3 Å². The Kier molecular flexibility index (Phi) is 4.02. The number of aromatic nitrogens is 3. The highest BCUT2D eigenvalue weighted by molar-refractivity contribution is 5.84. The Morgan fingerprint density at radius 3 is 2.76 bits per heavy atom. The molecule has 5 nitrogen and oxygen atoms in total. The van der Waals surface area contributed by atoms with Crippen molar-refractivity contribution in [2.24, 2.45) is 0 Å². The van der Waals surface area contributed by atoms with E-state index in [-0.39, 0.29) is 0 Å². The van der Waals surface area contributed by atoms with Gasteiger partial charge in [-0.25, -0.2) is 4.98 Å². The van der Waals surface area contributed by atoms with Crippen LogP contribution < -0.4 is 10.1 Å². The van der Waals surface area contributed by atoms with Crippen molar-refractivity contribution in [1.29, 1.82) is 0 Å². The summed E-state index contributed by atoms with van der Waals surface area (Å²) in [6, 6.07) is 9.72. The van der Waals surface area contributed by atoms with Crippen LogP contribution in [0.2, 0.25) is 0 Å². The highest BCUT2D eigenvalue weighted by atomic mass is 16.5. The zero-order valence-electron chi connectivity index (χ0n) is 11.8. The molecule has 21 heavy (non-hydrogen) atoms. The number of ether oxygens (including phenoxy) is 1. The fourth-order valence-corrected chi connectivity index (χ4v) is 2.01. The van der Waals surface area contributed by atoms with E-state index in [0.717, 1.165) is 23.1 Å². The third kappa shape index (κ3) is 3.14. The minimum atomic E-state index is 0.466. The van der Waals surface area contributed by atoms with E-state index in [2.05, 4.69) is 27.2 Å². The van der Waals surface area contributed by atoms with Crippen LogP contribution in [0, 0.1) is 0 Å². The molecule has 2 heterocycles. The molecule has 0 aliphatic carbocycles. The van der Waals surface area contributed by atoms with Crippen LogP contribution in [0.3, 0.4) is 0 Å². The summed E-state index contributed by atoms with van der Waals surface area (Å²) in [5.74, 6) is 1.15. The van der Waals surface area contributed by atoms with E-state index < -0.39 is 0 Å². The molecule has 0 saturated carbocycles. The molecule has 0 aliphatic heterocycles. The van der Waals surface area contributed by atoms with Gasteiger partial charge in [0.2, 0.25) is 5.88 Å². The van der Waals surface area contributed by atoms with E-state index in [1.54, 1.807) is 18.6 Å². The van der Waals surface area contributed by atoms with Crippen LogP contribution >= 0.6 is 0 Å². The normalized spacial score (nSPS) is 10.7. The van der Waals surface area contributed by atoms with Gasteiger partial charge in [-0.15, -0.1) is 0 Å². The number of hydrogen-bond donors (Lipinski definition) is 1. The fraction of sp³-hybridized carbons (Fsp3) is 0.188. The molecule has 3 rings (SSSR count). The zero-order valence-corrected chi connectivity index (χ0v) is 11.8. The zero-order chi connectivity index (χ0) is 14.5. The predicted octanol–water partition coefficient (Wildman–Crippen LogP) is 2.93. The summed E-state index contributed by atoms with van der Waals surface area (Å²) in [6.45, 7) is 3.67. The van der Waals surface area contributed by atoms with Crippen molar-refractivity contribution in [3.05, 3.63) is 54.6 Å². The first kappa shape index (κ1) is 13.5. The highest BCUT2D eigenvalue weighted by Crippen LogP contribution is 2.26. The van der Waals surface area contributed by atoms with Gasteiger partial charge in [-0.3, -0.25) is 9.97 Å². The predicted molar refractivity (Wildman–Crippen MR) is 81.2 cm³/mol. The van der Waals surface area contributed by atoms with Crippen LogP contribution in [0.5, 0.6) is 11.6 Å². The highest BCUT2D eigenvalue weighted by Gasteiger charge is 2.05. The first-order valence-electron chi connectivity index (χ1n) is 6.90.